The molecule has 2 heterocycles. The topological polar surface area (TPSA) is 40.1 Å². The Hall–Kier alpha value is -3.78. The van der Waals surface area contributed by atoms with Crippen LogP contribution in [-0.2, 0) is 17.6 Å². The number of hydrogen-bond donors (Lipinski definition) is 1. The molecule has 5 rings (SSSR count). The average Bonchev–Trinajstić information content (AvgIpc) is 3.49. The van der Waals surface area contributed by atoms with Crippen LogP contribution in [0, 0.1) is 11.3 Å². The molecule has 5 nitrogen and oxygen atoms in total. The molecule has 0 fully saturated rings. The van der Waals surface area contributed by atoms with Crippen molar-refractivity contribution in [2.75, 3.05) is 23.9 Å². The van der Waals surface area contributed by atoms with E-state index in [9.17, 15) is 13.2 Å². The maximum absolute atomic E-state index is 13.3. The molecule has 2 aromatic rings. The van der Waals surface area contributed by atoms with Crippen LogP contribution >= 0.6 is 0 Å². The molecule has 0 saturated heterocycles. The molecular weight excluding hydrogens is 561 g/mol. The summed E-state index contributed by atoms with van der Waals surface area (Å²) in [7, 11) is 4.07. The molecule has 8 heteroatoms. The number of fused-ring (bicyclic) bond motifs is 1. The fraction of sp³-hybridized carbons (Fsp3) is 0.417. The molecule has 2 aliphatic heterocycles. The fourth-order valence-corrected chi connectivity index (χ4v) is 6.12. The predicted octanol–water partition coefficient (Wildman–Crippen LogP) is 9.01. The molecule has 2 aromatic carbocycles. The number of anilines is 2. The van der Waals surface area contributed by atoms with E-state index in [4.69, 9.17) is 9.83 Å². The van der Waals surface area contributed by atoms with Gasteiger partial charge in [0.2, 0.25) is 5.90 Å². The molecule has 1 aliphatic carbocycles. The molecule has 0 aromatic heterocycles. The van der Waals surface area contributed by atoms with E-state index >= 15 is 0 Å². The molecule has 1 N–H and O–H groups in total. The van der Waals surface area contributed by atoms with E-state index in [-0.39, 0.29) is 17.3 Å². The largest absolute Gasteiger partial charge is 0.416 e. The summed E-state index contributed by atoms with van der Waals surface area (Å²) in [5.74, 6) is 1.21. The summed E-state index contributed by atoms with van der Waals surface area (Å²) in [6, 6.07) is 9.90. The zero-order chi connectivity index (χ0) is 31.8. The van der Waals surface area contributed by atoms with Crippen LogP contribution < -0.4 is 15.3 Å². The number of benzene rings is 2. The number of nitrogens with one attached hydrogen (secondary N) is 1. The van der Waals surface area contributed by atoms with Crippen molar-refractivity contribution < 1.29 is 18.0 Å². The van der Waals surface area contributed by atoms with Crippen molar-refractivity contribution in [1.82, 2.24) is 5.48 Å². The summed E-state index contributed by atoms with van der Waals surface area (Å²) >= 11 is 0. The van der Waals surface area contributed by atoms with Crippen LogP contribution in [-0.4, -0.2) is 26.2 Å². The van der Waals surface area contributed by atoms with Crippen LogP contribution in [0.15, 0.2) is 83.5 Å². The Morgan fingerprint density at radius 3 is 2.43 bits per heavy atom. The second-order valence-electron chi connectivity index (χ2n) is 12.8. The van der Waals surface area contributed by atoms with Gasteiger partial charge in [-0.05, 0) is 65.6 Å². The Labute approximate surface area is 259 Å². The van der Waals surface area contributed by atoms with Gasteiger partial charge in [0, 0.05) is 49.1 Å². The standard InChI is InChI=1S/C36H43F3N4O/c1-8-12-27-29-19-28(23(2)3)31(42(6)7)20-32(29)43(21-24-15-17-26(18-16-24)36(37,38)39)22-30(27)33-40-34(44-41-33)35(4,5)25-13-10-9-11-14-25/h9-13,15-20,22-23,25,33,41H,8,14,21H2,1-7H3/b27-12+. The second-order valence-corrected chi connectivity index (χ2v) is 12.8. The summed E-state index contributed by atoms with van der Waals surface area (Å²) < 4.78 is 39.9. The highest BCUT2D eigenvalue weighted by molar-refractivity contribution is 5.94. The van der Waals surface area contributed by atoms with E-state index in [0.29, 0.717) is 12.4 Å². The maximum atomic E-state index is 13.3. The molecule has 0 amide bonds. The molecule has 0 spiro atoms. The second kappa shape index (κ2) is 12.3. The van der Waals surface area contributed by atoms with Crippen molar-refractivity contribution in [2.45, 2.75) is 72.3 Å². The van der Waals surface area contributed by atoms with Crippen LogP contribution in [0.4, 0.5) is 24.5 Å². The number of alkyl halides is 3. The zero-order valence-electron chi connectivity index (χ0n) is 26.7. The quantitative estimate of drug-likeness (QED) is 0.327. The van der Waals surface area contributed by atoms with Gasteiger partial charge in [-0.25, -0.2) is 4.99 Å². The Balaban J connectivity index is 1.61. The minimum Gasteiger partial charge on any atom is -0.390 e. The molecule has 3 aliphatic rings. The van der Waals surface area contributed by atoms with E-state index < -0.39 is 17.9 Å². The lowest BCUT2D eigenvalue weighted by Gasteiger charge is -2.35. The third-order valence-electron chi connectivity index (χ3n) is 8.76. The lowest BCUT2D eigenvalue weighted by molar-refractivity contribution is -0.137. The van der Waals surface area contributed by atoms with Gasteiger partial charge in [0.15, 0.2) is 6.17 Å². The van der Waals surface area contributed by atoms with Crippen molar-refractivity contribution in [3.05, 3.63) is 101 Å². The van der Waals surface area contributed by atoms with E-state index in [1.807, 2.05) is 14.1 Å². The van der Waals surface area contributed by atoms with Crippen molar-refractivity contribution >= 4 is 22.8 Å². The Kier molecular flexibility index (Phi) is 8.85. The van der Waals surface area contributed by atoms with Gasteiger partial charge < -0.3 is 14.6 Å². The number of rotatable bonds is 8. The van der Waals surface area contributed by atoms with Gasteiger partial charge in [0.05, 0.1) is 11.3 Å². The molecule has 44 heavy (non-hydrogen) atoms. The van der Waals surface area contributed by atoms with Crippen molar-refractivity contribution in [1.29, 1.82) is 0 Å². The zero-order valence-corrected chi connectivity index (χ0v) is 26.7. The van der Waals surface area contributed by atoms with Gasteiger partial charge in [0.1, 0.15) is 0 Å². The minimum atomic E-state index is -4.38. The lowest BCUT2D eigenvalue weighted by atomic mass is 9.75. The minimum absolute atomic E-state index is 0.257. The molecule has 0 radical (unpaired) electrons. The number of hydroxylamine groups is 1. The van der Waals surface area contributed by atoms with Crippen molar-refractivity contribution in [3.8, 4) is 0 Å². The van der Waals surface area contributed by atoms with Crippen LogP contribution in [0.5, 0.6) is 0 Å². The summed E-state index contributed by atoms with van der Waals surface area (Å²) in [4.78, 5) is 15.5. The number of halogens is 3. The van der Waals surface area contributed by atoms with Crippen molar-refractivity contribution in [3.63, 3.8) is 0 Å². The number of hydrogen-bond acceptors (Lipinski definition) is 5. The molecule has 2 unspecified atom stereocenters. The van der Waals surface area contributed by atoms with Gasteiger partial charge in [-0.15, -0.1) is 5.48 Å². The normalized spacial score (nSPS) is 21.0. The number of nitrogens with zero attached hydrogens (tertiary/aromatic N) is 3. The molecule has 0 bridgehead atoms. The van der Waals surface area contributed by atoms with E-state index in [0.717, 1.165) is 58.6 Å². The predicted molar refractivity (Wildman–Crippen MR) is 174 cm³/mol. The number of aliphatic imine (C=N–C) groups is 1. The first-order valence-electron chi connectivity index (χ1n) is 15.4. The first-order valence-corrected chi connectivity index (χ1v) is 15.4. The van der Waals surface area contributed by atoms with E-state index in [2.05, 4.69) is 98.6 Å². The first-order chi connectivity index (χ1) is 20.8. The molecular formula is C36H43F3N4O. The third-order valence-corrected chi connectivity index (χ3v) is 8.76. The highest BCUT2D eigenvalue weighted by Gasteiger charge is 2.40. The SMILES string of the molecule is CC/C=C1/C(C2N=C(C(C)(C)C3C=CC=CC3)ON2)=CN(Cc2ccc(C(F)(F)F)cc2)c2cc(N(C)C)c(C(C)C)cc21. The smallest absolute Gasteiger partial charge is 0.390 e. The van der Waals surface area contributed by atoms with Crippen LogP contribution in [0.3, 0.4) is 0 Å². The van der Waals surface area contributed by atoms with E-state index in [1.54, 1.807) is 12.1 Å². The fourth-order valence-electron chi connectivity index (χ4n) is 6.12. The number of allylic oxidation sites excluding steroid dienone is 5. The van der Waals surface area contributed by atoms with E-state index in [1.165, 1.54) is 5.56 Å². The van der Waals surface area contributed by atoms with Gasteiger partial charge in [0.25, 0.3) is 0 Å². The van der Waals surface area contributed by atoms with Gasteiger partial charge in [-0.2, -0.15) is 13.2 Å². The monoisotopic (exact) mass is 604 g/mol. The lowest BCUT2D eigenvalue weighted by Crippen LogP contribution is -2.34. The molecule has 234 valence electrons. The van der Waals surface area contributed by atoms with Crippen molar-refractivity contribution in [2.24, 2.45) is 16.3 Å². The van der Waals surface area contributed by atoms with Crippen LogP contribution in [0.2, 0.25) is 0 Å². The first kappa shape index (κ1) is 31.6. The summed E-state index contributed by atoms with van der Waals surface area (Å²) in [5, 5.41) is 0. The Bertz CT molecular complexity index is 1530. The molecule has 0 saturated carbocycles. The van der Waals surface area contributed by atoms with Gasteiger partial charge in [-0.3, -0.25) is 0 Å². The maximum Gasteiger partial charge on any atom is 0.416 e. The summed E-state index contributed by atoms with van der Waals surface area (Å²) in [6.07, 6.45) is 9.76. The highest BCUT2D eigenvalue weighted by Crippen LogP contribution is 2.45. The average molecular weight is 605 g/mol. The summed E-state index contributed by atoms with van der Waals surface area (Å²) in [6.45, 7) is 11.2. The third kappa shape index (κ3) is 6.23. The van der Waals surface area contributed by atoms with Crippen LogP contribution in [0.25, 0.3) is 5.57 Å². The van der Waals surface area contributed by atoms with Gasteiger partial charge in [-0.1, -0.05) is 77.1 Å². The highest BCUT2D eigenvalue weighted by atomic mass is 19.4. The molecule has 2 atom stereocenters. The summed E-state index contributed by atoms with van der Waals surface area (Å²) in [5.41, 5.74) is 9.47. The Morgan fingerprint density at radius 2 is 1.84 bits per heavy atom. The van der Waals surface area contributed by atoms with Gasteiger partial charge >= 0.3 is 6.18 Å². The Morgan fingerprint density at radius 1 is 1.11 bits per heavy atom. The van der Waals surface area contributed by atoms with Crippen LogP contribution in [0.1, 0.15) is 75.6 Å².